The normalized spacial score (nSPS) is 14.6. The molecule has 27 heavy (non-hydrogen) atoms. The minimum atomic E-state index is -0.204. The molecule has 1 heterocycles. The van der Waals surface area contributed by atoms with E-state index in [-0.39, 0.29) is 11.8 Å². The van der Waals surface area contributed by atoms with E-state index >= 15 is 0 Å². The topological polar surface area (TPSA) is 67.4 Å². The summed E-state index contributed by atoms with van der Waals surface area (Å²) in [5, 5.41) is 6.31. The molecule has 0 saturated carbocycles. The Morgan fingerprint density at radius 2 is 2.15 bits per heavy atom. The van der Waals surface area contributed by atoms with Gasteiger partial charge in [-0.15, -0.1) is 0 Å². The lowest BCUT2D eigenvalue weighted by Crippen LogP contribution is -2.25. The quantitative estimate of drug-likeness (QED) is 0.561. The van der Waals surface area contributed by atoms with Crippen molar-refractivity contribution in [2.45, 2.75) is 11.3 Å². The number of ether oxygens (including phenoxy) is 1. The Morgan fingerprint density at radius 1 is 1.30 bits per heavy atom. The van der Waals surface area contributed by atoms with E-state index in [9.17, 15) is 9.59 Å². The van der Waals surface area contributed by atoms with E-state index in [0.717, 1.165) is 16.9 Å². The van der Waals surface area contributed by atoms with Gasteiger partial charge in [-0.1, -0.05) is 35.5 Å². The lowest BCUT2D eigenvalue weighted by Gasteiger charge is -2.19. The van der Waals surface area contributed by atoms with Crippen LogP contribution >= 0.6 is 23.4 Å². The Balaban J connectivity index is 1.73. The number of fused-ring (bicyclic) bond motifs is 1. The maximum absolute atomic E-state index is 12.4. The molecule has 0 atom stereocenters. The summed E-state index contributed by atoms with van der Waals surface area (Å²) >= 11 is 7.37. The molecule has 5 nitrogen and oxygen atoms in total. The van der Waals surface area contributed by atoms with Crippen molar-refractivity contribution in [3.8, 4) is 0 Å². The van der Waals surface area contributed by atoms with Gasteiger partial charge in [0.05, 0.1) is 10.6 Å². The Labute approximate surface area is 167 Å². The Bertz CT molecular complexity index is 899. The first kappa shape index (κ1) is 19.5. The van der Waals surface area contributed by atoms with Gasteiger partial charge in [-0.2, -0.15) is 0 Å². The first-order chi connectivity index (χ1) is 13.1. The SMILES string of the molecule is COCCCNC(=O)c1ccc2c(c1)NC(=O)C(=Cc1cccc(Cl)c1)S2. The molecule has 1 aliphatic rings. The summed E-state index contributed by atoms with van der Waals surface area (Å²) in [5.41, 5.74) is 2.00. The molecule has 0 unspecified atom stereocenters. The summed E-state index contributed by atoms with van der Waals surface area (Å²) in [4.78, 5) is 26.1. The highest BCUT2D eigenvalue weighted by Gasteiger charge is 2.22. The number of amides is 2. The van der Waals surface area contributed by atoms with Crippen molar-refractivity contribution in [3.05, 3.63) is 63.5 Å². The van der Waals surface area contributed by atoms with Crippen LogP contribution in [0.4, 0.5) is 5.69 Å². The van der Waals surface area contributed by atoms with Gasteiger partial charge in [0.1, 0.15) is 0 Å². The summed E-state index contributed by atoms with van der Waals surface area (Å²) in [6, 6.07) is 12.6. The number of carbonyl (C=O) groups excluding carboxylic acids is 2. The molecule has 2 N–H and O–H groups in total. The van der Waals surface area contributed by atoms with Crippen molar-refractivity contribution in [2.75, 3.05) is 25.6 Å². The fourth-order valence-electron chi connectivity index (χ4n) is 2.57. The maximum Gasteiger partial charge on any atom is 0.262 e. The van der Waals surface area contributed by atoms with Gasteiger partial charge in [0.15, 0.2) is 0 Å². The highest BCUT2D eigenvalue weighted by molar-refractivity contribution is 8.04. The van der Waals surface area contributed by atoms with E-state index in [1.807, 2.05) is 18.2 Å². The van der Waals surface area contributed by atoms with E-state index in [1.165, 1.54) is 11.8 Å². The van der Waals surface area contributed by atoms with Gasteiger partial charge in [0.2, 0.25) is 0 Å². The van der Waals surface area contributed by atoms with Crippen LogP contribution in [-0.2, 0) is 9.53 Å². The predicted molar refractivity (Wildman–Crippen MR) is 109 cm³/mol. The van der Waals surface area contributed by atoms with Gasteiger partial charge >= 0.3 is 0 Å². The van der Waals surface area contributed by atoms with E-state index in [2.05, 4.69) is 10.6 Å². The first-order valence-corrected chi connectivity index (χ1v) is 9.64. The Kier molecular flexibility index (Phi) is 6.55. The van der Waals surface area contributed by atoms with Crippen molar-refractivity contribution in [1.82, 2.24) is 5.32 Å². The monoisotopic (exact) mass is 402 g/mol. The van der Waals surface area contributed by atoms with Gasteiger partial charge < -0.3 is 15.4 Å². The number of carbonyl (C=O) groups is 2. The van der Waals surface area contributed by atoms with Gasteiger partial charge in [0, 0.05) is 35.7 Å². The van der Waals surface area contributed by atoms with Crippen LogP contribution in [0.2, 0.25) is 5.02 Å². The zero-order valence-electron chi connectivity index (χ0n) is 14.8. The second-order valence-electron chi connectivity index (χ2n) is 5.93. The molecule has 2 aromatic carbocycles. The molecule has 3 rings (SSSR count). The second-order valence-corrected chi connectivity index (χ2v) is 7.45. The molecule has 7 heteroatoms. The lowest BCUT2D eigenvalue weighted by atomic mass is 10.1. The van der Waals surface area contributed by atoms with Crippen molar-refractivity contribution >= 4 is 46.9 Å². The van der Waals surface area contributed by atoms with Crippen molar-refractivity contribution in [1.29, 1.82) is 0 Å². The van der Waals surface area contributed by atoms with Crippen LogP contribution in [0.5, 0.6) is 0 Å². The highest BCUT2D eigenvalue weighted by Crippen LogP contribution is 2.39. The van der Waals surface area contributed by atoms with Crippen LogP contribution < -0.4 is 10.6 Å². The van der Waals surface area contributed by atoms with Crippen LogP contribution in [0.3, 0.4) is 0 Å². The molecule has 0 radical (unpaired) electrons. The van der Waals surface area contributed by atoms with Crippen molar-refractivity contribution < 1.29 is 14.3 Å². The molecule has 140 valence electrons. The third kappa shape index (κ3) is 5.13. The summed E-state index contributed by atoms with van der Waals surface area (Å²) < 4.78 is 4.96. The van der Waals surface area contributed by atoms with Crippen LogP contribution in [0.25, 0.3) is 6.08 Å². The molecule has 2 amide bonds. The lowest BCUT2D eigenvalue weighted by molar-refractivity contribution is -0.112. The molecular formula is C20H19ClN2O3S. The van der Waals surface area contributed by atoms with Gasteiger partial charge in [0.25, 0.3) is 11.8 Å². The smallest absolute Gasteiger partial charge is 0.262 e. The van der Waals surface area contributed by atoms with Crippen molar-refractivity contribution in [3.63, 3.8) is 0 Å². The van der Waals surface area contributed by atoms with E-state index < -0.39 is 0 Å². The maximum atomic E-state index is 12.4. The summed E-state index contributed by atoms with van der Waals surface area (Å²) in [7, 11) is 1.63. The van der Waals surface area contributed by atoms with Gasteiger partial charge in [-0.25, -0.2) is 0 Å². The minimum Gasteiger partial charge on any atom is -0.385 e. The highest BCUT2D eigenvalue weighted by atomic mass is 35.5. The van der Waals surface area contributed by atoms with E-state index in [1.54, 1.807) is 37.5 Å². The number of rotatable bonds is 6. The Morgan fingerprint density at radius 3 is 2.93 bits per heavy atom. The number of hydrogen-bond donors (Lipinski definition) is 2. The van der Waals surface area contributed by atoms with Crippen LogP contribution in [0, 0.1) is 0 Å². The van der Waals surface area contributed by atoms with Crippen LogP contribution in [0.15, 0.2) is 52.3 Å². The summed E-state index contributed by atoms with van der Waals surface area (Å²) in [6.45, 7) is 1.14. The number of methoxy groups -OCH3 is 1. The van der Waals surface area contributed by atoms with E-state index in [4.69, 9.17) is 16.3 Å². The molecule has 0 aliphatic carbocycles. The molecule has 0 spiro atoms. The first-order valence-electron chi connectivity index (χ1n) is 8.44. The molecule has 2 aromatic rings. The predicted octanol–water partition coefficient (Wildman–Crippen LogP) is 4.19. The zero-order valence-corrected chi connectivity index (χ0v) is 16.3. The fraction of sp³-hybridized carbons (Fsp3) is 0.200. The molecule has 0 fully saturated rings. The Hall–Kier alpha value is -2.28. The standard InChI is InChI=1S/C20H19ClN2O3S/c1-26-9-3-8-22-19(24)14-6-7-17-16(12-14)23-20(25)18(27-17)11-13-4-2-5-15(21)10-13/h2,4-7,10-12H,3,8-9H2,1H3,(H,22,24)(H,23,25). The number of halogens is 1. The zero-order chi connectivity index (χ0) is 19.2. The summed E-state index contributed by atoms with van der Waals surface area (Å²) in [6.07, 6.45) is 2.54. The van der Waals surface area contributed by atoms with E-state index in [0.29, 0.717) is 34.3 Å². The summed E-state index contributed by atoms with van der Waals surface area (Å²) in [5.74, 6) is -0.376. The molecule has 1 aliphatic heterocycles. The largest absolute Gasteiger partial charge is 0.385 e. The number of hydrogen-bond acceptors (Lipinski definition) is 4. The number of benzene rings is 2. The molecule has 0 saturated heterocycles. The average Bonchev–Trinajstić information content (AvgIpc) is 2.65. The fourth-order valence-corrected chi connectivity index (χ4v) is 3.70. The molecule has 0 aromatic heterocycles. The van der Waals surface area contributed by atoms with Crippen LogP contribution in [0.1, 0.15) is 22.3 Å². The number of nitrogens with one attached hydrogen (secondary N) is 2. The van der Waals surface area contributed by atoms with Gasteiger partial charge in [-0.3, -0.25) is 9.59 Å². The minimum absolute atomic E-state index is 0.173. The number of anilines is 1. The third-order valence-electron chi connectivity index (χ3n) is 3.89. The average molecular weight is 403 g/mol. The third-order valence-corrected chi connectivity index (χ3v) is 5.23. The van der Waals surface area contributed by atoms with Crippen molar-refractivity contribution in [2.24, 2.45) is 0 Å². The van der Waals surface area contributed by atoms with Gasteiger partial charge in [-0.05, 0) is 48.4 Å². The second kappa shape index (κ2) is 9.08. The molecular weight excluding hydrogens is 384 g/mol. The van der Waals surface area contributed by atoms with Crippen LogP contribution in [-0.4, -0.2) is 32.1 Å². The molecule has 0 bridgehead atoms. The number of thioether (sulfide) groups is 1.